The van der Waals surface area contributed by atoms with Gasteiger partial charge in [0.2, 0.25) is 21.8 Å². The highest BCUT2D eigenvalue weighted by Gasteiger charge is 2.32. The highest BCUT2D eigenvalue weighted by molar-refractivity contribution is 7.89. The monoisotopic (exact) mass is 527 g/mol. The van der Waals surface area contributed by atoms with Crippen LogP contribution in [0, 0.1) is 6.92 Å². The first-order valence-corrected chi connectivity index (χ1v) is 13.3. The molecule has 2 rings (SSSR count). The number of sulfonamides is 1. The third-order valence-electron chi connectivity index (χ3n) is 5.41. The summed E-state index contributed by atoms with van der Waals surface area (Å²) in [4.78, 5) is 27.7. The van der Waals surface area contributed by atoms with E-state index < -0.39 is 28.5 Å². The Kier molecular flexibility index (Phi) is 10.4. The molecule has 2 aromatic carbocycles. The molecule has 0 aromatic heterocycles. The minimum atomic E-state index is -3.91. The normalized spacial score (nSPS) is 12.4. The molecule has 186 valence electrons. The number of benzene rings is 2. The van der Waals surface area contributed by atoms with E-state index in [0.717, 1.165) is 16.3 Å². The number of halogens is 2. The molecule has 0 aliphatic carbocycles. The number of carbonyl (C=O) groups excluding carboxylic acids is 2. The van der Waals surface area contributed by atoms with Gasteiger partial charge in [-0.3, -0.25) is 9.59 Å². The summed E-state index contributed by atoms with van der Waals surface area (Å²) >= 11 is 12.7. The van der Waals surface area contributed by atoms with Gasteiger partial charge in [-0.25, -0.2) is 8.42 Å². The molecular formula is C24H31Cl2N3O4S. The van der Waals surface area contributed by atoms with Crippen LogP contribution in [0.25, 0.3) is 0 Å². The molecule has 10 heteroatoms. The third-order valence-corrected chi connectivity index (χ3v) is 7.94. The minimum absolute atomic E-state index is 0.0339. The Labute approximate surface area is 212 Å². The van der Waals surface area contributed by atoms with Crippen molar-refractivity contribution in [3.05, 3.63) is 63.6 Å². The van der Waals surface area contributed by atoms with Crippen LogP contribution in [0.3, 0.4) is 0 Å². The lowest BCUT2D eigenvalue weighted by atomic mass is 10.1. The van der Waals surface area contributed by atoms with E-state index in [2.05, 4.69) is 5.32 Å². The van der Waals surface area contributed by atoms with E-state index in [0.29, 0.717) is 28.6 Å². The van der Waals surface area contributed by atoms with E-state index in [1.54, 1.807) is 37.3 Å². The quantitative estimate of drug-likeness (QED) is 0.473. The first-order valence-electron chi connectivity index (χ1n) is 11.1. The summed E-state index contributed by atoms with van der Waals surface area (Å²) in [6.07, 6.45) is 1.07. The number of rotatable bonds is 11. The Morgan fingerprint density at radius 3 is 2.15 bits per heavy atom. The number of carbonyl (C=O) groups is 2. The lowest BCUT2D eigenvalue weighted by molar-refractivity contribution is -0.141. The molecule has 0 spiro atoms. The van der Waals surface area contributed by atoms with Crippen molar-refractivity contribution in [2.45, 2.75) is 51.1 Å². The standard InChI is InChI=1S/C24H31Cl2N3O4S/c1-5-14-27-24(31)22(6-2)29(15-19-20(25)8-7-9-21(19)26)23(30)16-28(4)34(32,33)18-12-10-17(3)11-13-18/h7-13,22H,5-6,14-16H2,1-4H3,(H,27,31)/t22-/m1/s1. The van der Waals surface area contributed by atoms with E-state index in [4.69, 9.17) is 23.2 Å². The molecule has 0 aliphatic heterocycles. The van der Waals surface area contributed by atoms with Gasteiger partial charge < -0.3 is 10.2 Å². The zero-order chi connectivity index (χ0) is 25.5. The maximum atomic E-state index is 13.4. The van der Waals surface area contributed by atoms with Crippen LogP contribution in [-0.2, 0) is 26.2 Å². The summed E-state index contributed by atoms with van der Waals surface area (Å²) in [5.74, 6) is -0.849. The van der Waals surface area contributed by atoms with Crippen molar-refractivity contribution in [1.29, 1.82) is 0 Å². The van der Waals surface area contributed by atoms with Crippen molar-refractivity contribution in [2.75, 3.05) is 20.1 Å². The molecule has 1 atom stereocenters. The van der Waals surface area contributed by atoms with Gasteiger partial charge in [0.1, 0.15) is 6.04 Å². The molecule has 7 nitrogen and oxygen atoms in total. The third kappa shape index (κ3) is 6.95. The van der Waals surface area contributed by atoms with E-state index in [1.165, 1.54) is 24.1 Å². The molecule has 0 unspecified atom stereocenters. The van der Waals surface area contributed by atoms with Gasteiger partial charge >= 0.3 is 0 Å². The summed E-state index contributed by atoms with van der Waals surface area (Å²) in [6, 6.07) is 10.6. The molecule has 0 aliphatic rings. The predicted molar refractivity (Wildman–Crippen MR) is 135 cm³/mol. The number of hydrogen-bond donors (Lipinski definition) is 1. The molecular weight excluding hydrogens is 497 g/mol. The zero-order valence-corrected chi connectivity index (χ0v) is 22.2. The summed E-state index contributed by atoms with van der Waals surface area (Å²) in [7, 11) is -2.57. The molecule has 0 radical (unpaired) electrons. The Morgan fingerprint density at radius 2 is 1.62 bits per heavy atom. The zero-order valence-electron chi connectivity index (χ0n) is 19.8. The number of aryl methyl sites for hydroxylation is 1. The van der Waals surface area contributed by atoms with Crippen LogP contribution in [0.2, 0.25) is 10.0 Å². The first kappa shape index (κ1) is 28.1. The molecule has 34 heavy (non-hydrogen) atoms. The van der Waals surface area contributed by atoms with Crippen LogP contribution < -0.4 is 5.32 Å². The van der Waals surface area contributed by atoms with Crippen molar-refractivity contribution in [3.8, 4) is 0 Å². The molecule has 2 amide bonds. The number of likely N-dealkylation sites (N-methyl/N-ethyl adjacent to an activating group) is 1. The Bertz CT molecular complexity index is 1090. The van der Waals surface area contributed by atoms with Crippen LogP contribution in [-0.4, -0.2) is 55.6 Å². The van der Waals surface area contributed by atoms with E-state index >= 15 is 0 Å². The van der Waals surface area contributed by atoms with Crippen LogP contribution >= 0.6 is 23.2 Å². The second-order valence-corrected chi connectivity index (χ2v) is 10.9. The van der Waals surface area contributed by atoms with E-state index in [9.17, 15) is 18.0 Å². The summed E-state index contributed by atoms with van der Waals surface area (Å²) in [5, 5.41) is 3.53. The number of nitrogens with zero attached hydrogens (tertiary/aromatic N) is 2. The van der Waals surface area contributed by atoms with Gasteiger partial charge in [0.25, 0.3) is 0 Å². The van der Waals surface area contributed by atoms with Crippen LogP contribution in [0.4, 0.5) is 0 Å². The second kappa shape index (κ2) is 12.5. The molecule has 0 bridgehead atoms. The van der Waals surface area contributed by atoms with Crippen molar-refractivity contribution in [3.63, 3.8) is 0 Å². The van der Waals surface area contributed by atoms with Gasteiger partial charge in [0.15, 0.2) is 0 Å². The number of hydrogen-bond acceptors (Lipinski definition) is 4. The lowest BCUT2D eigenvalue weighted by Crippen LogP contribution is -2.51. The van der Waals surface area contributed by atoms with E-state index in [-0.39, 0.29) is 17.3 Å². The lowest BCUT2D eigenvalue weighted by Gasteiger charge is -2.32. The summed E-state index contributed by atoms with van der Waals surface area (Å²) in [6.45, 7) is 5.56. The fourth-order valence-corrected chi connectivity index (χ4v) is 5.03. The summed E-state index contributed by atoms with van der Waals surface area (Å²) in [5.41, 5.74) is 1.41. The fraction of sp³-hybridized carbons (Fsp3) is 0.417. The van der Waals surface area contributed by atoms with Crippen molar-refractivity contribution < 1.29 is 18.0 Å². The summed E-state index contributed by atoms with van der Waals surface area (Å²) < 4.78 is 27.0. The molecule has 2 aromatic rings. The highest BCUT2D eigenvalue weighted by Crippen LogP contribution is 2.27. The van der Waals surface area contributed by atoms with Crippen LogP contribution in [0.15, 0.2) is 47.4 Å². The number of amides is 2. The maximum Gasteiger partial charge on any atom is 0.243 e. The predicted octanol–water partition coefficient (Wildman–Crippen LogP) is 4.26. The second-order valence-electron chi connectivity index (χ2n) is 8.01. The van der Waals surface area contributed by atoms with Crippen LogP contribution in [0.1, 0.15) is 37.8 Å². The maximum absolute atomic E-state index is 13.4. The van der Waals surface area contributed by atoms with Crippen molar-refractivity contribution >= 4 is 45.0 Å². The van der Waals surface area contributed by atoms with Crippen molar-refractivity contribution in [1.82, 2.24) is 14.5 Å². The molecule has 0 heterocycles. The van der Waals surface area contributed by atoms with E-state index in [1.807, 2.05) is 13.8 Å². The van der Waals surface area contributed by atoms with Gasteiger partial charge in [-0.15, -0.1) is 0 Å². The Morgan fingerprint density at radius 1 is 1.03 bits per heavy atom. The Hall–Kier alpha value is -2.13. The highest BCUT2D eigenvalue weighted by atomic mass is 35.5. The fourth-order valence-electron chi connectivity index (χ4n) is 3.40. The minimum Gasteiger partial charge on any atom is -0.354 e. The first-order chi connectivity index (χ1) is 16.0. The van der Waals surface area contributed by atoms with Gasteiger partial charge in [0, 0.05) is 35.7 Å². The van der Waals surface area contributed by atoms with Gasteiger partial charge in [-0.1, -0.05) is 60.8 Å². The molecule has 0 saturated heterocycles. The molecule has 0 saturated carbocycles. The average molecular weight is 529 g/mol. The van der Waals surface area contributed by atoms with Crippen LogP contribution in [0.5, 0.6) is 0 Å². The SMILES string of the molecule is CCCNC(=O)[C@@H](CC)N(Cc1c(Cl)cccc1Cl)C(=O)CN(C)S(=O)(=O)c1ccc(C)cc1. The van der Waals surface area contributed by atoms with Gasteiger partial charge in [-0.05, 0) is 44.0 Å². The average Bonchev–Trinajstić information content (AvgIpc) is 2.79. The van der Waals surface area contributed by atoms with Gasteiger partial charge in [0.05, 0.1) is 11.4 Å². The topological polar surface area (TPSA) is 86.8 Å². The van der Waals surface area contributed by atoms with Crippen molar-refractivity contribution in [2.24, 2.45) is 0 Å². The largest absolute Gasteiger partial charge is 0.354 e. The smallest absolute Gasteiger partial charge is 0.243 e. The molecule has 0 fully saturated rings. The number of nitrogens with one attached hydrogen (secondary N) is 1. The van der Waals surface area contributed by atoms with Gasteiger partial charge in [-0.2, -0.15) is 4.31 Å². The Balaban J connectivity index is 2.37. The molecule has 1 N–H and O–H groups in total.